The van der Waals surface area contributed by atoms with Gasteiger partial charge in [-0.2, -0.15) is 0 Å². The van der Waals surface area contributed by atoms with E-state index in [1.165, 1.54) is 44.2 Å². The van der Waals surface area contributed by atoms with Crippen LogP contribution in [0.5, 0.6) is 0 Å². The van der Waals surface area contributed by atoms with E-state index in [1.807, 2.05) is 13.8 Å². The van der Waals surface area contributed by atoms with Gasteiger partial charge in [0, 0.05) is 5.41 Å². The fraction of sp³-hybridized carbons (Fsp3) is 0.290. The topological polar surface area (TPSA) is 29.5 Å². The molecule has 0 bridgehead atoms. The van der Waals surface area contributed by atoms with Crippen LogP contribution in [0.15, 0.2) is 78.9 Å². The van der Waals surface area contributed by atoms with Crippen LogP contribution in [0.2, 0.25) is 0 Å². The summed E-state index contributed by atoms with van der Waals surface area (Å²) in [7, 11) is 0.457. The van der Waals surface area contributed by atoms with E-state index in [4.69, 9.17) is 4.65 Å². The molecule has 0 unspecified atom stereocenters. The smallest absolute Gasteiger partial charge is 0.309 e. The van der Waals surface area contributed by atoms with E-state index in [0.29, 0.717) is 7.48 Å². The third-order valence-corrected chi connectivity index (χ3v) is 7.90. The van der Waals surface area contributed by atoms with Gasteiger partial charge in [0.05, 0.1) is 11.2 Å². The predicted molar refractivity (Wildman–Crippen MR) is 145 cm³/mol. The maximum atomic E-state index is 10.4. The zero-order valence-corrected chi connectivity index (χ0v) is 21.1. The summed E-state index contributed by atoms with van der Waals surface area (Å²) in [5.41, 5.74) is 7.37. The first-order valence-electron chi connectivity index (χ1n) is 12.1. The largest absolute Gasteiger partial charge is 0.427 e. The Labute approximate surface area is 203 Å². The molecule has 0 aliphatic heterocycles. The lowest BCUT2D eigenvalue weighted by Crippen LogP contribution is -2.49. The molecule has 3 heteroatoms. The van der Waals surface area contributed by atoms with E-state index in [2.05, 4.69) is 92.7 Å². The number of aliphatic hydroxyl groups is 1. The first-order chi connectivity index (χ1) is 16.0. The van der Waals surface area contributed by atoms with Crippen molar-refractivity contribution in [2.75, 3.05) is 0 Å². The average Bonchev–Trinajstić information content (AvgIpc) is 3.04. The molecule has 1 aliphatic carbocycles. The van der Waals surface area contributed by atoms with Crippen molar-refractivity contribution in [3.05, 3.63) is 90.0 Å². The minimum absolute atomic E-state index is 0.0534. The predicted octanol–water partition coefficient (Wildman–Crippen LogP) is 6.36. The van der Waals surface area contributed by atoms with Crippen molar-refractivity contribution >= 4 is 23.7 Å². The third kappa shape index (κ3) is 3.68. The van der Waals surface area contributed by atoms with Crippen LogP contribution in [0.3, 0.4) is 0 Å². The van der Waals surface area contributed by atoms with Crippen molar-refractivity contribution in [3.8, 4) is 22.3 Å². The Kier molecular flexibility index (Phi) is 5.27. The number of hydrogen-bond donors (Lipinski definition) is 1. The normalized spacial score (nSPS) is 14.7. The Morgan fingerprint density at radius 1 is 0.765 bits per heavy atom. The highest BCUT2D eigenvalue weighted by Gasteiger charge is 2.37. The molecule has 0 saturated carbocycles. The monoisotopic (exact) mass is 448 g/mol. The Balaban J connectivity index is 1.52. The summed E-state index contributed by atoms with van der Waals surface area (Å²) in [5, 5.41) is 13.0. The molecule has 0 amide bonds. The summed E-state index contributed by atoms with van der Waals surface area (Å²) >= 11 is 0. The van der Waals surface area contributed by atoms with E-state index in [9.17, 15) is 5.11 Å². The van der Waals surface area contributed by atoms with Crippen LogP contribution >= 0.6 is 0 Å². The summed E-state index contributed by atoms with van der Waals surface area (Å²) < 4.78 is 6.11. The van der Waals surface area contributed by atoms with Gasteiger partial charge in [0.2, 0.25) is 0 Å². The summed E-state index contributed by atoms with van der Waals surface area (Å²) in [6.45, 7) is 12.1. The quantitative estimate of drug-likeness (QED) is 0.360. The molecule has 4 aromatic carbocycles. The van der Waals surface area contributed by atoms with Crippen LogP contribution in [0.4, 0.5) is 0 Å². The molecular weight excluding hydrogens is 415 g/mol. The molecule has 0 saturated heterocycles. The van der Waals surface area contributed by atoms with Gasteiger partial charge in [0.25, 0.3) is 0 Å². The second-order valence-corrected chi connectivity index (χ2v) is 11.2. The average molecular weight is 448 g/mol. The standard InChI is InChI=1S/C31H33BO2/c1-29(2)26-17-15-20-10-7-8-13-24(20)28(26)25-16-14-22(19-27(25)29)21-11-9-12-23(18-21)32-34-31(5,6)30(3,4)33/h7-19,32-33H,1-6H3. The molecule has 0 fully saturated rings. The van der Waals surface area contributed by atoms with Crippen LogP contribution < -0.4 is 5.46 Å². The van der Waals surface area contributed by atoms with Gasteiger partial charge in [-0.1, -0.05) is 92.1 Å². The summed E-state index contributed by atoms with van der Waals surface area (Å²) in [6.07, 6.45) is 0. The van der Waals surface area contributed by atoms with Crippen molar-refractivity contribution < 1.29 is 9.76 Å². The van der Waals surface area contributed by atoms with Crippen molar-refractivity contribution in [2.45, 2.75) is 58.2 Å². The van der Waals surface area contributed by atoms with Gasteiger partial charge < -0.3 is 9.76 Å². The Morgan fingerprint density at radius 2 is 1.50 bits per heavy atom. The van der Waals surface area contributed by atoms with E-state index in [0.717, 1.165) is 5.46 Å². The van der Waals surface area contributed by atoms with E-state index >= 15 is 0 Å². The Bertz CT molecular complexity index is 1390. The zero-order valence-electron chi connectivity index (χ0n) is 21.1. The minimum atomic E-state index is -0.921. The summed E-state index contributed by atoms with van der Waals surface area (Å²) in [4.78, 5) is 0. The zero-order chi connectivity index (χ0) is 24.3. The van der Waals surface area contributed by atoms with Gasteiger partial charge in [-0.25, -0.2) is 0 Å². The van der Waals surface area contributed by atoms with Crippen LogP contribution in [-0.2, 0) is 10.1 Å². The molecule has 4 aromatic rings. The first-order valence-corrected chi connectivity index (χ1v) is 12.1. The molecule has 0 radical (unpaired) electrons. The van der Waals surface area contributed by atoms with Crippen molar-refractivity contribution in [3.63, 3.8) is 0 Å². The Morgan fingerprint density at radius 3 is 2.26 bits per heavy atom. The van der Waals surface area contributed by atoms with Crippen molar-refractivity contribution in [1.29, 1.82) is 0 Å². The molecule has 2 nitrogen and oxygen atoms in total. The Hall–Kier alpha value is -2.88. The molecule has 172 valence electrons. The highest BCUT2D eigenvalue weighted by molar-refractivity contribution is 6.47. The highest BCUT2D eigenvalue weighted by atomic mass is 16.5. The fourth-order valence-electron chi connectivity index (χ4n) is 4.97. The lowest BCUT2D eigenvalue weighted by atomic mass is 9.80. The molecule has 0 spiro atoms. The maximum Gasteiger partial charge on any atom is 0.309 e. The number of fused-ring (bicyclic) bond motifs is 5. The first kappa shape index (κ1) is 22.9. The molecule has 1 aliphatic rings. The molecule has 0 heterocycles. The number of hydrogen-bond acceptors (Lipinski definition) is 2. The molecular formula is C31H33BO2. The van der Waals surface area contributed by atoms with Crippen molar-refractivity contribution in [1.82, 2.24) is 0 Å². The summed E-state index contributed by atoms with van der Waals surface area (Å²) in [5.74, 6) is 0. The molecule has 34 heavy (non-hydrogen) atoms. The van der Waals surface area contributed by atoms with Crippen LogP contribution in [-0.4, -0.2) is 23.8 Å². The second-order valence-electron chi connectivity index (χ2n) is 11.2. The van der Waals surface area contributed by atoms with Gasteiger partial charge in [0.1, 0.15) is 0 Å². The summed E-state index contributed by atoms with van der Waals surface area (Å²) in [6, 6.07) is 28.7. The SMILES string of the molecule is CC1(C)c2cc(-c3cccc(BOC(C)(C)C(C)(C)O)c3)ccc2-c2c1ccc1ccccc21. The van der Waals surface area contributed by atoms with E-state index in [1.54, 1.807) is 13.8 Å². The van der Waals surface area contributed by atoms with Gasteiger partial charge in [-0.05, 0) is 77.9 Å². The number of benzene rings is 4. The molecule has 1 N–H and O–H groups in total. The van der Waals surface area contributed by atoms with Gasteiger partial charge >= 0.3 is 7.48 Å². The van der Waals surface area contributed by atoms with Crippen LogP contribution in [0.25, 0.3) is 33.0 Å². The molecule has 0 atom stereocenters. The van der Waals surface area contributed by atoms with Gasteiger partial charge in [-0.3, -0.25) is 0 Å². The van der Waals surface area contributed by atoms with Gasteiger partial charge in [0.15, 0.2) is 0 Å². The van der Waals surface area contributed by atoms with Gasteiger partial charge in [-0.15, -0.1) is 0 Å². The third-order valence-electron chi connectivity index (χ3n) is 7.90. The lowest BCUT2D eigenvalue weighted by molar-refractivity contribution is -0.0893. The second kappa shape index (κ2) is 7.83. The van der Waals surface area contributed by atoms with E-state index < -0.39 is 11.2 Å². The molecule has 5 rings (SSSR count). The van der Waals surface area contributed by atoms with Crippen LogP contribution in [0.1, 0.15) is 52.7 Å². The van der Waals surface area contributed by atoms with Crippen molar-refractivity contribution in [2.24, 2.45) is 0 Å². The molecule has 0 aromatic heterocycles. The minimum Gasteiger partial charge on any atom is -0.427 e. The highest BCUT2D eigenvalue weighted by Crippen LogP contribution is 2.52. The van der Waals surface area contributed by atoms with Crippen LogP contribution in [0, 0.1) is 0 Å². The number of rotatable bonds is 5. The van der Waals surface area contributed by atoms with E-state index in [-0.39, 0.29) is 5.41 Å². The lowest BCUT2D eigenvalue weighted by Gasteiger charge is -2.37. The fourth-order valence-corrected chi connectivity index (χ4v) is 4.97. The maximum absolute atomic E-state index is 10.4.